The number of nitrogens with zero attached hydrogens (tertiary/aromatic N) is 4. The molecule has 0 aliphatic heterocycles. The van der Waals surface area contributed by atoms with Crippen LogP contribution in [0, 0.1) is 6.92 Å². The second-order valence-corrected chi connectivity index (χ2v) is 4.03. The highest BCUT2D eigenvalue weighted by Gasteiger charge is 2.05. The summed E-state index contributed by atoms with van der Waals surface area (Å²) in [5.41, 5.74) is 0. The fraction of sp³-hybridized carbons (Fsp3) is 0.500. The van der Waals surface area contributed by atoms with Crippen LogP contribution >= 0.6 is 0 Å². The van der Waals surface area contributed by atoms with Gasteiger partial charge in [-0.05, 0) is 13.8 Å². The Morgan fingerprint density at radius 2 is 1.84 bits per heavy atom. The molecule has 0 saturated heterocycles. The molecule has 19 heavy (non-hydrogen) atoms. The first-order chi connectivity index (χ1) is 9.21. The Morgan fingerprint density at radius 3 is 2.42 bits per heavy atom. The molecule has 0 amide bonds. The Labute approximate surface area is 111 Å². The van der Waals surface area contributed by atoms with Crippen molar-refractivity contribution >= 4 is 11.6 Å². The standard InChI is InChI=1S/C12H18N6O/c1-4-9-16-10(13-5-2)6-11(17-9)14-7-12-15-8(3)18-19-12/h6H,4-5,7H2,1-3H3,(H2,13,14,16,17). The van der Waals surface area contributed by atoms with Gasteiger partial charge in [0.05, 0.1) is 6.54 Å². The van der Waals surface area contributed by atoms with Gasteiger partial charge in [-0.25, -0.2) is 9.97 Å². The molecule has 0 atom stereocenters. The Bertz CT molecular complexity index is 539. The van der Waals surface area contributed by atoms with Gasteiger partial charge in [-0.2, -0.15) is 4.98 Å². The lowest BCUT2D eigenvalue weighted by atomic mass is 10.4. The summed E-state index contributed by atoms with van der Waals surface area (Å²) in [5, 5.41) is 10.1. The fourth-order valence-corrected chi connectivity index (χ4v) is 1.60. The average molecular weight is 262 g/mol. The molecule has 0 aliphatic rings. The molecule has 2 aromatic heterocycles. The van der Waals surface area contributed by atoms with E-state index < -0.39 is 0 Å². The van der Waals surface area contributed by atoms with Crippen LogP contribution in [0.5, 0.6) is 0 Å². The summed E-state index contributed by atoms with van der Waals surface area (Å²) in [4.78, 5) is 12.9. The van der Waals surface area contributed by atoms with E-state index in [1.165, 1.54) is 0 Å². The van der Waals surface area contributed by atoms with Crippen LogP contribution in [0.4, 0.5) is 11.6 Å². The predicted octanol–water partition coefficient (Wildman–Crippen LogP) is 1.77. The van der Waals surface area contributed by atoms with Gasteiger partial charge in [0, 0.05) is 19.0 Å². The second-order valence-electron chi connectivity index (χ2n) is 4.03. The zero-order valence-corrected chi connectivity index (χ0v) is 11.4. The van der Waals surface area contributed by atoms with Gasteiger partial charge in [-0.15, -0.1) is 0 Å². The van der Waals surface area contributed by atoms with Crippen LogP contribution in [0.1, 0.15) is 31.4 Å². The highest BCUT2D eigenvalue weighted by molar-refractivity contribution is 5.47. The second kappa shape index (κ2) is 6.12. The molecule has 0 spiro atoms. The van der Waals surface area contributed by atoms with Crippen molar-refractivity contribution in [1.29, 1.82) is 0 Å². The molecule has 0 saturated carbocycles. The number of anilines is 2. The lowest BCUT2D eigenvalue weighted by molar-refractivity contribution is 0.379. The summed E-state index contributed by atoms with van der Waals surface area (Å²) in [6.45, 7) is 7.11. The van der Waals surface area contributed by atoms with Crippen molar-refractivity contribution in [2.24, 2.45) is 0 Å². The van der Waals surface area contributed by atoms with Crippen LogP contribution < -0.4 is 10.6 Å². The van der Waals surface area contributed by atoms with Crippen LogP contribution in [0.25, 0.3) is 0 Å². The fourth-order valence-electron chi connectivity index (χ4n) is 1.60. The number of aryl methyl sites for hydroxylation is 2. The molecule has 0 unspecified atom stereocenters. The summed E-state index contributed by atoms with van der Waals surface area (Å²) in [7, 11) is 0. The van der Waals surface area contributed by atoms with Crippen molar-refractivity contribution in [2.45, 2.75) is 33.7 Å². The molecular weight excluding hydrogens is 244 g/mol. The van der Waals surface area contributed by atoms with Crippen molar-refractivity contribution in [2.75, 3.05) is 17.2 Å². The summed E-state index contributed by atoms with van der Waals surface area (Å²) < 4.78 is 5.04. The lowest BCUT2D eigenvalue weighted by Crippen LogP contribution is -2.08. The molecule has 0 radical (unpaired) electrons. The molecular formula is C12H18N6O. The van der Waals surface area contributed by atoms with Crippen LogP contribution in [0.2, 0.25) is 0 Å². The Kier molecular flexibility index (Phi) is 4.27. The predicted molar refractivity (Wildman–Crippen MR) is 71.9 cm³/mol. The third-order valence-corrected chi connectivity index (χ3v) is 2.44. The van der Waals surface area contributed by atoms with Crippen molar-refractivity contribution in [3.05, 3.63) is 23.6 Å². The molecule has 0 bridgehead atoms. The van der Waals surface area contributed by atoms with Crippen LogP contribution in [0.15, 0.2) is 10.6 Å². The van der Waals surface area contributed by atoms with E-state index in [1.54, 1.807) is 6.92 Å². The van der Waals surface area contributed by atoms with E-state index in [0.29, 0.717) is 18.3 Å². The summed E-state index contributed by atoms with van der Waals surface area (Å²) in [6.07, 6.45) is 0.785. The van der Waals surface area contributed by atoms with E-state index >= 15 is 0 Å². The van der Waals surface area contributed by atoms with E-state index in [1.807, 2.05) is 19.9 Å². The average Bonchev–Trinajstić information content (AvgIpc) is 2.82. The topological polar surface area (TPSA) is 88.8 Å². The van der Waals surface area contributed by atoms with Gasteiger partial charge in [0.25, 0.3) is 0 Å². The highest BCUT2D eigenvalue weighted by Crippen LogP contribution is 2.12. The maximum Gasteiger partial charge on any atom is 0.245 e. The van der Waals surface area contributed by atoms with Gasteiger partial charge >= 0.3 is 0 Å². The molecule has 2 aromatic rings. The Hall–Kier alpha value is -2.18. The van der Waals surface area contributed by atoms with Crippen LogP contribution in [-0.4, -0.2) is 26.7 Å². The third kappa shape index (κ3) is 3.64. The number of aromatic nitrogens is 4. The van der Waals surface area contributed by atoms with Crippen molar-refractivity contribution in [1.82, 2.24) is 20.1 Å². The van der Waals surface area contributed by atoms with Crippen molar-refractivity contribution in [3.8, 4) is 0 Å². The zero-order valence-electron chi connectivity index (χ0n) is 11.4. The molecule has 102 valence electrons. The first kappa shape index (κ1) is 13.3. The van der Waals surface area contributed by atoms with E-state index in [4.69, 9.17) is 4.52 Å². The van der Waals surface area contributed by atoms with Gasteiger partial charge in [0.2, 0.25) is 5.89 Å². The number of rotatable bonds is 6. The number of hydrogen-bond acceptors (Lipinski definition) is 7. The SMILES string of the molecule is CCNc1cc(NCc2nc(C)no2)nc(CC)n1. The van der Waals surface area contributed by atoms with Gasteiger partial charge in [-0.3, -0.25) is 0 Å². The quantitative estimate of drug-likeness (QED) is 0.820. The minimum Gasteiger partial charge on any atom is -0.370 e. The molecule has 0 fully saturated rings. The van der Waals surface area contributed by atoms with Crippen molar-refractivity contribution < 1.29 is 4.52 Å². The minimum atomic E-state index is 0.451. The Morgan fingerprint density at radius 1 is 1.11 bits per heavy atom. The van der Waals surface area contributed by atoms with Gasteiger partial charge in [0.1, 0.15) is 17.5 Å². The smallest absolute Gasteiger partial charge is 0.245 e. The lowest BCUT2D eigenvalue weighted by Gasteiger charge is -2.08. The Balaban J connectivity index is 2.08. The third-order valence-electron chi connectivity index (χ3n) is 2.44. The first-order valence-electron chi connectivity index (χ1n) is 6.36. The largest absolute Gasteiger partial charge is 0.370 e. The van der Waals surface area contributed by atoms with Gasteiger partial charge in [-0.1, -0.05) is 12.1 Å². The normalized spacial score (nSPS) is 10.5. The maximum absolute atomic E-state index is 5.04. The molecule has 2 rings (SSSR count). The molecule has 7 nitrogen and oxygen atoms in total. The minimum absolute atomic E-state index is 0.451. The molecule has 0 aliphatic carbocycles. The summed E-state index contributed by atoms with van der Waals surface area (Å²) in [6, 6.07) is 1.87. The molecule has 0 aromatic carbocycles. The van der Waals surface area contributed by atoms with Crippen molar-refractivity contribution in [3.63, 3.8) is 0 Å². The van der Waals surface area contributed by atoms with E-state index in [9.17, 15) is 0 Å². The maximum atomic E-state index is 5.04. The molecule has 2 N–H and O–H groups in total. The van der Waals surface area contributed by atoms with Gasteiger partial charge in [0.15, 0.2) is 5.82 Å². The van der Waals surface area contributed by atoms with E-state index in [2.05, 4.69) is 30.7 Å². The summed E-state index contributed by atoms with van der Waals surface area (Å²) >= 11 is 0. The van der Waals surface area contributed by atoms with Crippen LogP contribution in [-0.2, 0) is 13.0 Å². The highest BCUT2D eigenvalue weighted by atomic mass is 16.5. The van der Waals surface area contributed by atoms with Gasteiger partial charge < -0.3 is 15.2 Å². The van der Waals surface area contributed by atoms with Crippen LogP contribution in [0.3, 0.4) is 0 Å². The number of hydrogen-bond donors (Lipinski definition) is 2. The van der Waals surface area contributed by atoms with E-state index in [-0.39, 0.29) is 0 Å². The summed E-state index contributed by atoms with van der Waals surface area (Å²) in [5.74, 6) is 3.53. The molecule has 2 heterocycles. The molecule has 7 heteroatoms. The first-order valence-corrected chi connectivity index (χ1v) is 6.36. The monoisotopic (exact) mass is 262 g/mol. The zero-order chi connectivity index (χ0) is 13.7. The number of nitrogens with one attached hydrogen (secondary N) is 2. The van der Waals surface area contributed by atoms with E-state index in [0.717, 1.165) is 30.4 Å².